The second-order valence-electron chi connectivity index (χ2n) is 7.26. The highest BCUT2D eigenvalue weighted by molar-refractivity contribution is 7.98. The number of nitrogens with one attached hydrogen (secondary N) is 1. The molecule has 1 N–H and O–H groups in total. The Morgan fingerprint density at radius 2 is 1.56 bits per heavy atom. The lowest BCUT2D eigenvalue weighted by atomic mass is 10.2. The number of hydrogen-bond donors (Lipinski definition) is 1. The first-order chi connectivity index (χ1) is 16.2. The lowest BCUT2D eigenvalue weighted by molar-refractivity contribution is -0.137. The second-order valence-corrected chi connectivity index (χ2v) is 10.2. The number of carbonyl (C=O) groups excluding carboxylic acids is 1. The average Bonchev–Trinajstić information content (AvgIpc) is 2.83. The Bertz CT molecular complexity index is 1190. The number of nitrogens with zero attached hydrogens (tertiary/aromatic N) is 1. The van der Waals surface area contributed by atoms with Crippen LogP contribution in [0.15, 0.2) is 89.8 Å². The van der Waals surface area contributed by atoms with Crippen molar-refractivity contribution in [2.75, 3.05) is 23.1 Å². The minimum atomic E-state index is -4.66. The molecule has 0 aliphatic rings. The van der Waals surface area contributed by atoms with Crippen molar-refractivity contribution < 1.29 is 26.4 Å². The Balaban J connectivity index is 1.72. The zero-order valence-corrected chi connectivity index (χ0v) is 19.7. The minimum absolute atomic E-state index is 0.126. The Kier molecular flexibility index (Phi) is 8.62. The molecule has 0 aromatic heterocycles. The number of carbonyl (C=O) groups is 1. The quantitative estimate of drug-likeness (QED) is 0.394. The first kappa shape index (κ1) is 25.6. The van der Waals surface area contributed by atoms with E-state index >= 15 is 0 Å². The van der Waals surface area contributed by atoms with Crippen LogP contribution in [0.2, 0.25) is 0 Å². The number of alkyl halides is 3. The molecule has 0 saturated carbocycles. The summed E-state index contributed by atoms with van der Waals surface area (Å²) in [4.78, 5) is 12.4. The van der Waals surface area contributed by atoms with Crippen molar-refractivity contribution in [3.63, 3.8) is 0 Å². The minimum Gasteiger partial charge on any atom is -0.354 e. The van der Waals surface area contributed by atoms with Crippen LogP contribution >= 0.6 is 11.8 Å². The summed E-state index contributed by atoms with van der Waals surface area (Å²) in [7, 11) is -4.28. The molecule has 34 heavy (non-hydrogen) atoms. The van der Waals surface area contributed by atoms with Gasteiger partial charge in [-0.25, -0.2) is 8.42 Å². The summed E-state index contributed by atoms with van der Waals surface area (Å²) >= 11 is 1.60. The summed E-state index contributed by atoms with van der Waals surface area (Å²) in [6.07, 6.45) is -4.66. The van der Waals surface area contributed by atoms with E-state index in [1.54, 1.807) is 17.8 Å². The zero-order chi connectivity index (χ0) is 24.6. The maximum atomic E-state index is 13.2. The van der Waals surface area contributed by atoms with Crippen LogP contribution in [0.4, 0.5) is 18.9 Å². The van der Waals surface area contributed by atoms with Gasteiger partial charge in [-0.1, -0.05) is 54.6 Å². The number of amides is 1. The molecule has 0 heterocycles. The summed E-state index contributed by atoms with van der Waals surface area (Å²) in [5.41, 5.74) is -0.105. The molecular weight excluding hydrogens is 485 g/mol. The van der Waals surface area contributed by atoms with Gasteiger partial charge in [-0.05, 0) is 35.9 Å². The van der Waals surface area contributed by atoms with Crippen LogP contribution in [0.3, 0.4) is 0 Å². The van der Waals surface area contributed by atoms with E-state index in [-0.39, 0.29) is 17.1 Å². The fraction of sp³-hybridized carbons (Fsp3) is 0.208. The summed E-state index contributed by atoms with van der Waals surface area (Å²) in [5, 5.41) is 2.65. The van der Waals surface area contributed by atoms with Crippen molar-refractivity contribution in [2.45, 2.75) is 16.8 Å². The molecule has 0 bridgehead atoms. The molecular formula is C24H23F3N2O3S2. The molecule has 1 amide bonds. The molecule has 3 rings (SSSR count). The van der Waals surface area contributed by atoms with Crippen molar-refractivity contribution in [3.05, 3.63) is 96.1 Å². The van der Waals surface area contributed by atoms with E-state index in [1.165, 1.54) is 30.3 Å². The fourth-order valence-electron chi connectivity index (χ4n) is 3.09. The Hall–Kier alpha value is -2.98. The van der Waals surface area contributed by atoms with E-state index in [4.69, 9.17) is 0 Å². The largest absolute Gasteiger partial charge is 0.416 e. The Morgan fingerprint density at radius 3 is 2.21 bits per heavy atom. The van der Waals surface area contributed by atoms with E-state index in [1.807, 2.05) is 30.3 Å². The van der Waals surface area contributed by atoms with Gasteiger partial charge in [0.1, 0.15) is 6.54 Å². The highest BCUT2D eigenvalue weighted by Gasteiger charge is 2.33. The summed E-state index contributed by atoms with van der Waals surface area (Å²) in [5.74, 6) is 0.739. The Labute approximate surface area is 201 Å². The SMILES string of the molecule is O=C(CN(c1cccc(C(F)(F)F)c1)S(=O)(=O)c1ccccc1)NCCSCc1ccccc1. The number of anilines is 1. The molecule has 5 nitrogen and oxygen atoms in total. The number of benzene rings is 3. The summed E-state index contributed by atoms with van der Waals surface area (Å²) < 4.78 is 66.8. The Morgan fingerprint density at radius 1 is 0.912 bits per heavy atom. The molecule has 0 spiro atoms. The van der Waals surface area contributed by atoms with Gasteiger partial charge < -0.3 is 5.32 Å². The lowest BCUT2D eigenvalue weighted by Gasteiger charge is -2.25. The van der Waals surface area contributed by atoms with Gasteiger partial charge in [0.2, 0.25) is 5.91 Å². The van der Waals surface area contributed by atoms with Gasteiger partial charge in [0.05, 0.1) is 16.1 Å². The highest BCUT2D eigenvalue weighted by atomic mass is 32.2. The number of rotatable bonds is 10. The van der Waals surface area contributed by atoms with Crippen LogP contribution in [0.5, 0.6) is 0 Å². The fourth-order valence-corrected chi connectivity index (χ4v) is 5.34. The summed E-state index contributed by atoms with van der Waals surface area (Å²) in [6.45, 7) is -0.361. The third-order valence-corrected chi connectivity index (χ3v) is 7.58. The van der Waals surface area contributed by atoms with Gasteiger partial charge in [0, 0.05) is 18.1 Å². The maximum Gasteiger partial charge on any atom is 0.416 e. The molecule has 180 valence electrons. The third-order valence-electron chi connectivity index (χ3n) is 4.76. The normalized spacial score (nSPS) is 11.7. The number of sulfonamides is 1. The molecule has 0 unspecified atom stereocenters. The molecule has 0 radical (unpaired) electrons. The molecule has 3 aromatic carbocycles. The van der Waals surface area contributed by atoms with E-state index in [0.717, 1.165) is 29.5 Å². The van der Waals surface area contributed by atoms with Gasteiger partial charge in [0.15, 0.2) is 0 Å². The van der Waals surface area contributed by atoms with Crippen molar-refractivity contribution in [1.82, 2.24) is 5.32 Å². The lowest BCUT2D eigenvalue weighted by Crippen LogP contribution is -2.41. The van der Waals surface area contributed by atoms with Gasteiger partial charge >= 0.3 is 6.18 Å². The van der Waals surface area contributed by atoms with E-state index in [0.29, 0.717) is 10.1 Å². The topological polar surface area (TPSA) is 66.5 Å². The molecule has 0 saturated heterocycles. The van der Waals surface area contributed by atoms with Crippen LogP contribution in [0.1, 0.15) is 11.1 Å². The molecule has 0 atom stereocenters. The van der Waals surface area contributed by atoms with Gasteiger partial charge in [0.25, 0.3) is 10.0 Å². The third kappa shape index (κ3) is 7.01. The van der Waals surface area contributed by atoms with Crippen LogP contribution < -0.4 is 9.62 Å². The van der Waals surface area contributed by atoms with Crippen molar-refractivity contribution in [3.8, 4) is 0 Å². The van der Waals surface area contributed by atoms with Crippen molar-refractivity contribution >= 4 is 33.4 Å². The van der Waals surface area contributed by atoms with Gasteiger partial charge in [-0.15, -0.1) is 0 Å². The van der Waals surface area contributed by atoms with Crippen LogP contribution in [-0.4, -0.2) is 33.2 Å². The van der Waals surface area contributed by atoms with Crippen molar-refractivity contribution in [1.29, 1.82) is 0 Å². The first-order valence-electron chi connectivity index (χ1n) is 10.3. The van der Waals surface area contributed by atoms with Crippen LogP contribution in [-0.2, 0) is 26.7 Å². The average molecular weight is 509 g/mol. The van der Waals surface area contributed by atoms with E-state index in [2.05, 4.69) is 5.32 Å². The first-order valence-corrected chi connectivity index (χ1v) is 12.9. The van der Waals surface area contributed by atoms with Crippen LogP contribution in [0.25, 0.3) is 0 Å². The van der Waals surface area contributed by atoms with Gasteiger partial charge in [-0.2, -0.15) is 24.9 Å². The van der Waals surface area contributed by atoms with E-state index in [9.17, 15) is 26.4 Å². The molecule has 0 aliphatic carbocycles. The van der Waals surface area contributed by atoms with Crippen LogP contribution in [0, 0.1) is 0 Å². The molecule has 10 heteroatoms. The standard InChI is InChI=1S/C24H23F3N2O3S2/c25-24(26,27)20-10-7-11-21(16-20)29(34(31,32)22-12-5-2-6-13-22)17-23(30)28-14-15-33-18-19-8-3-1-4-9-19/h1-13,16H,14-15,17-18H2,(H,28,30). The number of hydrogen-bond acceptors (Lipinski definition) is 4. The van der Waals surface area contributed by atoms with Crippen molar-refractivity contribution in [2.24, 2.45) is 0 Å². The second kappa shape index (κ2) is 11.4. The summed E-state index contributed by atoms with van der Waals surface area (Å²) in [6, 6.07) is 21.0. The highest BCUT2D eigenvalue weighted by Crippen LogP contribution is 2.33. The number of halogens is 3. The number of thioether (sulfide) groups is 1. The monoisotopic (exact) mass is 508 g/mol. The molecule has 0 fully saturated rings. The molecule has 0 aliphatic heterocycles. The molecule has 3 aromatic rings. The van der Waals surface area contributed by atoms with Gasteiger partial charge in [-0.3, -0.25) is 9.10 Å². The predicted molar refractivity (Wildman–Crippen MR) is 128 cm³/mol. The predicted octanol–water partition coefficient (Wildman–Crippen LogP) is 4.95. The smallest absolute Gasteiger partial charge is 0.354 e. The maximum absolute atomic E-state index is 13.2. The zero-order valence-electron chi connectivity index (χ0n) is 18.0. The van der Waals surface area contributed by atoms with E-state index < -0.39 is 34.2 Å².